The van der Waals surface area contributed by atoms with Crippen LogP contribution in [0.5, 0.6) is 0 Å². The van der Waals surface area contributed by atoms with Crippen LogP contribution in [0, 0.1) is 0 Å². The maximum Gasteiger partial charge on any atom is 2.00 e. The average Bonchev–Trinajstić information content (AvgIpc) is 1.39. The summed E-state index contributed by atoms with van der Waals surface area (Å²) in [6.45, 7) is 0. The number of rotatable bonds is 0. The van der Waals surface area contributed by atoms with Crippen molar-refractivity contribution >= 4 is 83.6 Å². The summed E-state index contributed by atoms with van der Waals surface area (Å²) in [5.41, 5.74) is 0. The normalized spacial score (nSPS) is 1.78. The third-order valence-corrected chi connectivity index (χ3v) is 0. The van der Waals surface area contributed by atoms with Gasteiger partial charge in [-0.2, -0.15) is 10.3 Å². The van der Waals surface area contributed by atoms with E-state index < -0.39 is 0 Å². The Labute approximate surface area is 104 Å². The number of hydrogen-bond donors (Lipinski definition) is 0. The molecule has 0 heterocycles. The second kappa shape index (κ2) is 62.3. The molecule has 0 fully saturated rings. The third kappa shape index (κ3) is 384. The van der Waals surface area contributed by atoms with Crippen molar-refractivity contribution in [1.82, 2.24) is 0 Å². The second-order valence-electron chi connectivity index (χ2n) is 0.183. The number of thiocarbonyl (C=S) groups is 2. The maximum atomic E-state index is 7.13. The fraction of sp³-hybridized carbons (Fsp3) is 0. The molecule has 0 saturated heterocycles. The van der Waals surface area contributed by atoms with Gasteiger partial charge in [-0.15, -0.1) is 0 Å². The van der Waals surface area contributed by atoms with Crippen molar-refractivity contribution in [2.45, 2.75) is 0 Å². The molecule has 0 radical (unpaired) electrons. The van der Waals surface area contributed by atoms with E-state index in [0.29, 0.717) is 0 Å². The van der Waals surface area contributed by atoms with Crippen LogP contribution in [0.15, 0.2) is 0 Å². The van der Waals surface area contributed by atoms with Crippen LogP contribution in [0.4, 0.5) is 0 Å². The first-order valence-corrected chi connectivity index (χ1v) is 1.67. The molecule has 0 saturated carbocycles. The first kappa shape index (κ1) is 32.2. The zero-order chi connectivity index (χ0) is 5.41. The standard InChI is InChI=1S/2CNS.Ba.2H2O/c2*2-1-3;;;/h;;;2*1H2/q2*-1;+2;;/p-1. The summed E-state index contributed by atoms with van der Waals surface area (Å²) < 4.78 is 0. The fourth-order valence-electron chi connectivity index (χ4n) is 0. The van der Waals surface area contributed by atoms with E-state index in [1.807, 2.05) is 0 Å². The van der Waals surface area contributed by atoms with Crippen molar-refractivity contribution in [3.05, 3.63) is 10.8 Å². The Morgan fingerprint density at radius 2 is 1.00 bits per heavy atom. The third-order valence-electron chi connectivity index (χ3n) is 0. The zero-order valence-corrected chi connectivity index (χ0v) is 10.4. The molecule has 0 aliphatic heterocycles. The van der Waals surface area contributed by atoms with E-state index in [4.69, 9.17) is 10.8 Å². The Morgan fingerprint density at radius 3 is 1.00 bits per heavy atom. The summed E-state index contributed by atoms with van der Waals surface area (Å²) in [6.07, 6.45) is 0. The molecule has 0 aromatic carbocycles. The van der Waals surface area contributed by atoms with Gasteiger partial charge in [0.05, 0.1) is 0 Å². The van der Waals surface area contributed by atoms with Crippen molar-refractivity contribution in [3.63, 3.8) is 0 Å². The van der Waals surface area contributed by atoms with Crippen molar-refractivity contribution in [2.24, 2.45) is 0 Å². The quantitative estimate of drug-likeness (QED) is 0.354. The molecule has 9 heavy (non-hydrogen) atoms. The van der Waals surface area contributed by atoms with Crippen molar-refractivity contribution < 1.29 is 11.0 Å². The summed E-state index contributed by atoms with van der Waals surface area (Å²) >= 11 is 7.40. The smallest absolute Gasteiger partial charge is 0.870 e. The van der Waals surface area contributed by atoms with E-state index in [0.717, 1.165) is 0 Å². The maximum absolute atomic E-state index is 7.13. The molecule has 0 amide bonds. The van der Waals surface area contributed by atoms with Gasteiger partial charge in [0.15, 0.2) is 0 Å². The summed E-state index contributed by atoms with van der Waals surface area (Å²) in [5, 5.41) is 16.9. The molecule has 3 N–H and O–H groups in total. The van der Waals surface area contributed by atoms with E-state index in [9.17, 15) is 0 Å². The van der Waals surface area contributed by atoms with Crippen LogP contribution in [0.3, 0.4) is 0 Å². The van der Waals surface area contributed by atoms with Crippen LogP contribution in [0.2, 0.25) is 0 Å². The monoisotopic (exact) mass is 289 g/mol. The van der Waals surface area contributed by atoms with Gasteiger partial charge in [0.1, 0.15) is 0 Å². The van der Waals surface area contributed by atoms with Gasteiger partial charge in [-0.3, -0.25) is 0 Å². The van der Waals surface area contributed by atoms with Crippen molar-refractivity contribution in [2.75, 3.05) is 0 Å². The van der Waals surface area contributed by atoms with Gasteiger partial charge < -0.3 is 21.8 Å². The van der Waals surface area contributed by atoms with Crippen LogP contribution in [0.1, 0.15) is 0 Å². The number of isothiocyanates is 2. The van der Waals surface area contributed by atoms with Gasteiger partial charge in [0, 0.05) is 0 Å². The Hall–Kier alpha value is 1.09. The number of hydrogen-bond acceptors (Lipinski definition) is 3. The molecular formula is C2H3BaN2O2S2-. The fourth-order valence-corrected chi connectivity index (χ4v) is 0. The minimum Gasteiger partial charge on any atom is -0.870 e. The van der Waals surface area contributed by atoms with Gasteiger partial charge in [-0.1, -0.05) is 24.4 Å². The van der Waals surface area contributed by atoms with E-state index in [1.54, 1.807) is 0 Å². The van der Waals surface area contributed by atoms with E-state index in [1.165, 1.54) is 10.3 Å². The molecule has 0 rings (SSSR count). The van der Waals surface area contributed by atoms with Crippen LogP contribution in [-0.4, -0.2) is 70.2 Å². The van der Waals surface area contributed by atoms with E-state index in [-0.39, 0.29) is 59.8 Å². The molecule has 0 aromatic heterocycles. The largest absolute Gasteiger partial charge is 2.00 e. The van der Waals surface area contributed by atoms with Gasteiger partial charge in [-0.25, -0.2) is 0 Å². The Morgan fingerprint density at radius 1 is 1.00 bits per heavy atom. The molecule has 0 spiro atoms. The van der Waals surface area contributed by atoms with E-state index in [2.05, 4.69) is 24.4 Å². The van der Waals surface area contributed by atoms with E-state index >= 15 is 0 Å². The molecule has 48 valence electrons. The predicted octanol–water partition coefficient (Wildman–Crippen LogP) is -0.0651. The minimum atomic E-state index is 0. The van der Waals surface area contributed by atoms with Crippen molar-refractivity contribution in [3.8, 4) is 0 Å². The molecule has 7 heteroatoms. The molecular weight excluding hydrogens is 285 g/mol. The Kier molecular flexibility index (Phi) is 223. The topological polar surface area (TPSA) is 106 Å². The summed E-state index contributed by atoms with van der Waals surface area (Å²) in [5.74, 6) is 0. The number of nitrogens with zero attached hydrogens (tertiary/aromatic N) is 2. The average molecular weight is 289 g/mol. The van der Waals surface area contributed by atoms with Gasteiger partial charge >= 0.3 is 48.9 Å². The zero-order valence-electron chi connectivity index (χ0n) is 4.37. The first-order chi connectivity index (χ1) is 2.83. The Balaban J connectivity index is -0.00000000889. The minimum absolute atomic E-state index is 0. The van der Waals surface area contributed by atoms with Crippen LogP contribution < -0.4 is 0 Å². The molecule has 0 atom stereocenters. The molecule has 0 aliphatic carbocycles. The van der Waals surface area contributed by atoms with Gasteiger partial charge in [0.2, 0.25) is 0 Å². The SMILES string of the molecule is O.[Ba+2].[N-]=C=S.[N-]=C=S.[OH-]. The molecule has 4 nitrogen and oxygen atoms in total. The molecule has 0 bridgehead atoms. The van der Waals surface area contributed by atoms with Gasteiger partial charge in [-0.05, 0) is 0 Å². The van der Waals surface area contributed by atoms with Gasteiger partial charge in [0.25, 0.3) is 0 Å². The van der Waals surface area contributed by atoms with Crippen LogP contribution in [-0.2, 0) is 0 Å². The molecule has 0 aromatic rings. The summed E-state index contributed by atoms with van der Waals surface area (Å²) in [7, 11) is 0. The molecule has 0 unspecified atom stereocenters. The predicted molar refractivity (Wildman–Crippen MR) is 43.2 cm³/mol. The summed E-state index contributed by atoms with van der Waals surface area (Å²) in [6, 6.07) is 0. The summed E-state index contributed by atoms with van der Waals surface area (Å²) in [4.78, 5) is 0. The second-order valence-corrected chi connectivity index (χ2v) is 0.548. The molecule has 0 aliphatic rings. The first-order valence-electron chi connectivity index (χ1n) is 0.855. The van der Waals surface area contributed by atoms with Crippen LogP contribution in [0.25, 0.3) is 10.8 Å². The van der Waals surface area contributed by atoms with Crippen molar-refractivity contribution in [1.29, 1.82) is 0 Å². The Bertz CT molecular complexity index is 74.6. The van der Waals surface area contributed by atoms with Crippen LogP contribution >= 0.6 is 24.4 Å².